The molecule has 0 unspecified atom stereocenters. The maximum atomic E-state index is 10.5. The molecule has 0 amide bonds. The van der Waals surface area contributed by atoms with Crippen LogP contribution in [0.15, 0.2) is 176 Å². The molecule has 55 heavy (non-hydrogen) atoms. The van der Waals surface area contributed by atoms with E-state index in [4.69, 9.17) is 0 Å². The van der Waals surface area contributed by atoms with E-state index < -0.39 is 0 Å². The predicted octanol–water partition coefficient (Wildman–Crippen LogP) is 12.4. The fourth-order valence-corrected chi connectivity index (χ4v) is 8.75. The Labute approximate surface area is 316 Å². The second kappa shape index (κ2) is 11.8. The van der Waals surface area contributed by atoms with Crippen molar-refractivity contribution in [1.82, 2.24) is 13.7 Å². The van der Waals surface area contributed by atoms with Gasteiger partial charge in [0.2, 0.25) is 0 Å². The summed E-state index contributed by atoms with van der Waals surface area (Å²) in [6, 6.07) is 66.0. The molecule has 254 valence electrons. The minimum atomic E-state index is 0.573. The number of hydrogen-bond donors (Lipinski definition) is 0. The summed E-state index contributed by atoms with van der Waals surface area (Å²) in [7, 11) is 0. The van der Waals surface area contributed by atoms with E-state index in [1.165, 1.54) is 21.8 Å². The Hall–Kier alpha value is -7.86. The maximum Gasteiger partial charge on any atom is 0.0992 e. The molecule has 0 atom stereocenters. The van der Waals surface area contributed by atoms with Crippen LogP contribution in [-0.2, 0) is 0 Å². The Balaban J connectivity index is 1.14. The van der Waals surface area contributed by atoms with E-state index in [0.29, 0.717) is 11.1 Å². The van der Waals surface area contributed by atoms with Crippen LogP contribution in [0.5, 0.6) is 0 Å². The first-order chi connectivity index (χ1) is 27.2. The Bertz CT molecular complexity index is 3420. The molecule has 0 aliphatic carbocycles. The number of nitriles is 2. The Kier molecular flexibility index (Phi) is 6.61. The highest BCUT2D eigenvalue weighted by Gasteiger charge is 2.20. The molecule has 11 aromatic rings. The van der Waals surface area contributed by atoms with Crippen molar-refractivity contribution in [3.05, 3.63) is 187 Å². The molecule has 0 aliphatic rings. The van der Waals surface area contributed by atoms with Crippen molar-refractivity contribution in [2.24, 2.45) is 0 Å². The van der Waals surface area contributed by atoms with E-state index in [9.17, 15) is 10.5 Å². The molecule has 5 nitrogen and oxygen atoms in total. The van der Waals surface area contributed by atoms with Crippen LogP contribution in [0.2, 0.25) is 0 Å². The average Bonchev–Trinajstić information content (AvgIpc) is 3.88. The van der Waals surface area contributed by atoms with Gasteiger partial charge in [-0.15, -0.1) is 0 Å². The highest BCUT2D eigenvalue weighted by atomic mass is 15.0. The first-order valence-corrected chi connectivity index (χ1v) is 18.3. The number of rotatable bonds is 4. The van der Waals surface area contributed by atoms with Crippen LogP contribution in [-0.4, -0.2) is 13.7 Å². The number of fused-ring (bicyclic) bond motifs is 9. The first-order valence-electron chi connectivity index (χ1n) is 18.3. The lowest BCUT2D eigenvalue weighted by Gasteiger charge is -2.16. The second-order valence-corrected chi connectivity index (χ2v) is 14.0. The van der Waals surface area contributed by atoms with Gasteiger partial charge in [0, 0.05) is 49.3 Å². The van der Waals surface area contributed by atoms with Crippen LogP contribution in [0.1, 0.15) is 11.1 Å². The van der Waals surface area contributed by atoms with E-state index >= 15 is 0 Å². The molecule has 8 aromatic carbocycles. The van der Waals surface area contributed by atoms with Gasteiger partial charge in [-0.05, 0) is 84.4 Å². The van der Waals surface area contributed by atoms with Crippen molar-refractivity contribution in [3.8, 4) is 40.3 Å². The smallest absolute Gasteiger partial charge is 0.0992 e. The van der Waals surface area contributed by atoms with E-state index in [-0.39, 0.29) is 0 Å². The second-order valence-electron chi connectivity index (χ2n) is 14.0. The van der Waals surface area contributed by atoms with Gasteiger partial charge in [-0.25, -0.2) is 0 Å². The molecular weight excluding hydrogens is 671 g/mol. The third kappa shape index (κ3) is 4.51. The van der Waals surface area contributed by atoms with Crippen molar-refractivity contribution in [2.45, 2.75) is 0 Å². The summed E-state index contributed by atoms with van der Waals surface area (Å²) in [5, 5.41) is 27.3. The molecule has 0 saturated heterocycles. The molecule has 0 radical (unpaired) electrons. The molecule has 0 saturated carbocycles. The Morgan fingerprint density at radius 2 is 0.836 bits per heavy atom. The summed E-state index contributed by atoms with van der Waals surface area (Å²) in [5.41, 5.74) is 12.6. The summed E-state index contributed by atoms with van der Waals surface area (Å²) < 4.78 is 6.89. The van der Waals surface area contributed by atoms with Crippen molar-refractivity contribution in [3.63, 3.8) is 0 Å². The summed E-state index contributed by atoms with van der Waals surface area (Å²) >= 11 is 0. The van der Waals surface area contributed by atoms with Gasteiger partial charge in [0.05, 0.1) is 62.1 Å². The van der Waals surface area contributed by atoms with Gasteiger partial charge in [-0.3, -0.25) is 0 Å². The molecule has 0 aliphatic heterocycles. The topological polar surface area (TPSA) is 62.4 Å². The summed E-state index contributed by atoms with van der Waals surface area (Å²) in [5.74, 6) is 0. The number of hydrogen-bond acceptors (Lipinski definition) is 2. The van der Waals surface area contributed by atoms with Crippen molar-refractivity contribution in [1.29, 1.82) is 10.5 Å². The fourth-order valence-electron chi connectivity index (χ4n) is 8.75. The van der Waals surface area contributed by atoms with Crippen molar-refractivity contribution in [2.75, 3.05) is 0 Å². The van der Waals surface area contributed by atoms with Gasteiger partial charge in [0.25, 0.3) is 0 Å². The third-order valence-corrected chi connectivity index (χ3v) is 11.1. The predicted molar refractivity (Wildman–Crippen MR) is 224 cm³/mol. The molecule has 3 heterocycles. The van der Waals surface area contributed by atoms with Gasteiger partial charge in [0.15, 0.2) is 0 Å². The summed E-state index contributed by atoms with van der Waals surface area (Å²) in [6.07, 6.45) is 0. The average molecular weight is 700 g/mol. The lowest BCUT2D eigenvalue weighted by Crippen LogP contribution is -2.00. The van der Waals surface area contributed by atoms with Crippen LogP contribution >= 0.6 is 0 Å². The molecule has 11 rings (SSSR count). The normalized spacial score (nSPS) is 11.6. The lowest BCUT2D eigenvalue weighted by molar-refractivity contribution is 1.16. The zero-order valence-electron chi connectivity index (χ0n) is 29.5. The minimum absolute atomic E-state index is 0.573. The van der Waals surface area contributed by atoms with E-state index in [1.54, 1.807) is 0 Å². The van der Waals surface area contributed by atoms with Gasteiger partial charge in [-0.1, -0.05) is 97.1 Å². The van der Waals surface area contributed by atoms with Crippen molar-refractivity contribution < 1.29 is 0 Å². The molecule has 0 N–H and O–H groups in total. The largest absolute Gasteiger partial charge is 0.309 e. The fraction of sp³-hybridized carbons (Fsp3) is 0. The van der Waals surface area contributed by atoms with E-state index in [0.717, 1.165) is 71.8 Å². The standard InChI is InChI=1S/C50H29N5/c51-30-32-21-23-42-40-14-4-10-20-48(40)55(50(42)27-32)44-16-6-1-11-37(44)34-25-33(31-52)26-36(28-34)54-47-19-9-5-15-41(47)43-29-35(22-24-49(43)54)53-45-17-7-2-12-38(45)39-13-3-8-18-46(39)53/h1-29H. The summed E-state index contributed by atoms with van der Waals surface area (Å²) in [6.45, 7) is 0. The van der Waals surface area contributed by atoms with Crippen molar-refractivity contribution >= 4 is 65.4 Å². The molecule has 3 aromatic heterocycles. The SMILES string of the molecule is N#Cc1cc(-c2ccccc2-n2c3ccccc3c3ccc(C#N)cc32)cc(-n2c3ccccc3c3cc(-n4c5ccccc5c5ccccc54)ccc32)c1. The lowest BCUT2D eigenvalue weighted by atomic mass is 10.00. The van der Waals surface area contributed by atoms with Gasteiger partial charge >= 0.3 is 0 Å². The number of aromatic nitrogens is 3. The molecular formula is C50H29N5. The number of nitrogens with zero attached hydrogens (tertiary/aromatic N) is 5. The first kappa shape index (κ1) is 30.7. The molecule has 0 fully saturated rings. The monoisotopic (exact) mass is 699 g/mol. The quantitative estimate of drug-likeness (QED) is 0.184. The van der Waals surface area contributed by atoms with Gasteiger partial charge in [0.1, 0.15) is 0 Å². The van der Waals surface area contributed by atoms with E-state index in [1.807, 2.05) is 42.5 Å². The third-order valence-electron chi connectivity index (χ3n) is 11.1. The maximum absolute atomic E-state index is 10.5. The van der Waals surface area contributed by atoms with Crippen LogP contribution < -0.4 is 0 Å². The van der Waals surface area contributed by atoms with Gasteiger partial charge in [-0.2, -0.15) is 10.5 Å². The zero-order valence-corrected chi connectivity index (χ0v) is 29.5. The van der Waals surface area contributed by atoms with Crippen LogP contribution in [0.25, 0.3) is 93.6 Å². The number of benzene rings is 8. The Morgan fingerprint density at radius 3 is 1.47 bits per heavy atom. The zero-order chi connectivity index (χ0) is 36.6. The molecule has 5 heteroatoms. The minimum Gasteiger partial charge on any atom is -0.309 e. The molecule has 0 spiro atoms. The number of para-hydroxylation sites is 5. The highest BCUT2D eigenvalue weighted by Crippen LogP contribution is 2.40. The van der Waals surface area contributed by atoms with E-state index in [2.05, 4.69) is 159 Å². The highest BCUT2D eigenvalue weighted by molar-refractivity contribution is 6.13. The molecule has 0 bridgehead atoms. The van der Waals surface area contributed by atoms with Crippen LogP contribution in [0.3, 0.4) is 0 Å². The summed E-state index contributed by atoms with van der Waals surface area (Å²) in [4.78, 5) is 0. The van der Waals surface area contributed by atoms with Gasteiger partial charge < -0.3 is 13.7 Å². The van der Waals surface area contributed by atoms with Crippen LogP contribution in [0, 0.1) is 22.7 Å². The van der Waals surface area contributed by atoms with Crippen LogP contribution in [0.4, 0.5) is 0 Å². The Morgan fingerprint density at radius 1 is 0.327 bits per heavy atom.